The SMILES string of the molecule is CCOC(=O)c1cc2cc(CN3C=C(C(O)(CC)C(F)(F)F)NN3)ccn2c1-c1ccc(OCC)nc1. The van der Waals surface area contributed by atoms with Crippen LogP contribution in [0, 0.1) is 0 Å². The van der Waals surface area contributed by atoms with Crippen LogP contribution in [0.4, 0.5) is 13.2 Å². The van der Waals surface area contributed by atoms with Gasteiger partial charge in [0.05, 0.1) is 36.7 Å². The molecule has 0 bridgehead atoms. The molecule has 198 valence electrons. The minimum Gasteiger partial charge on any atom is -0.478 e. The topological polar surface area (TPSA) is 100 Å². The number of carbonyl (C=O) groups excluding carboxylic acids is 1. The fraction of sp³-hybridized carbons (Fsp3) is 0.360. The molecule has 37 heavy (non-hydrogen) atoms. The third kappa shape index (κ3) is 5.07. The van der Waals surface area contributed by atoms with Gasteiger partial charge in [0.1, 0.15) is 0 Å². The Morgan fingerprint density at radius 3 is 2.54 bits per heavy atom. The maximum Gasteiger partial charge on any atom is 0.422 e. The summed E-state index contributed by atoms with van der Waals surface area (Å²) >= 11 is 0. The van der Waals surface area contributed by atoms with Gasteiger partial charge in [0.15, 0.2) is 0 Å². The Kier molecular flexibility index (Phi) is 7.32. The second-order valence-corrected chi connectivity index (χ2v) is 8.39. The number of aromatic nitrogens is 2. The molecule has 4 heterocycles. The second-order valence-electron chi connectivity index (χ2n) is 8.39. The van der Waals surface area contributed by atoms with Crippen LogP contribution in [-0.4, -0.2) is 50.5 Å². The number of ether oxygens (including phenoxy) is 2. The predicted octanol–water partition coefficient (Wildman–Crippen LogP) is 3.95. The number of nitrogens with one attached hydrogen (secondary N) is 2. The molecular formula is C25H28F3N5O4. The van der Waals surface area contributed by atoms with Crippen molar-refractivity contribution in [3.63, 3.8) is 0 Å². The van der Waals surface area contributed by atoms with E-state index in [1.54, 1.807) is 43.6 Å². The average molecular weight is 520 g/mol. The molecule has 1 aliphatic rings. The summed E-state index contributed by atoms with van der Waals surface area (Å²) in [6.07, 6.45) is -0.795. The number of hydrazine groups is 2. The van der Waals surface area contributed by atoms with E-state index in [0.29, 0.717) is 34.8 Å². The van der Waals surface area contributed by atoms with Crippen LogP contribution < -0.4 is 15.7 Å². The summed E-state index contributed by atoms with van der Waals surface area (Å²) in [4.78, 5) is 17.0. The number of rotatable bonds is 9. The van der Waals surface area contributed by atoms with Crippen molar-refractivity contribution in [3.05, 3.63) is 65.7 Å². The number of carbonyl (C=O) groups is 1. The molecule has 4 rings (SSSR count). The number of pyridine rings is 2. The summed E-state index contributed by atoms with van der Waals surface area (Å²) in [5.74, 6) is -0.0210. The van der Waals surface area contributed by atoms with Crippen molar-refractivity contribution in [2.45, 2.75) is 45.5 Å². The van der Waals surface area contributed by atoms with Crippen LogP contribution >= 0.6 is 0 Å². The van der Waals surface area contributed by atoms with Gasteiger partial charge in [0.2, 0.25) is 11.5 Å². The standard InChI is InChI=1S/C25H28F3N5O4/c1-4-24(35,25(26,27)28)20-15-32(31-30-20)14-16-9-10-33-18(11-16)12-19(23(34)37-6-3)22(33)17-7-8-21(29-13-17)36-5-2/h7-13,15,30-31,35H,4-6,14H2,1-3H3. The Hall–Kier alpha value is -3.77. The van der Waals surface area contributed by atoms with Gasteiger partial charge in [-0.1, -0.05) is 6.92 Å². The van der Waals surface area contributed by atoms with Gasteiger partial charge in [-0.2, -0.15) is 13.2 Å². The minimum atomic E-state index is -4.83. The lowest BCUT2D eigenvalue weighted by atomic mass is 9.96. The average Bonchev–Trinajstić information content (AvgIpc) is 3.48. The van der Waals surface area contributed by atoms with E-state index in [1.807, 2.05) is 17.4 Å². The summed E-state index contributed by atoms with van der Waals surface area (Å²) in [6.45, 7) is 5.71. The molecule has 0 aliphatic carbocycles. The largest absolute Gasteiger partial charge is 0.478 e. The van der Waals surface area contributed by atoms with Crippen LogP contribution in [0.3, 0.4) is 0 Å². The molecule has 0 radical (unpaired) electrons. The zero-order valence-corrected chi connectivity index (χ0v) is 20.6. The molecule has 1 unspecified atom stereocenters. The second kappa shape index (κ2) is 10.3. The molecule has 1 atom stereocenters. The van der Waals surface area contributed by atoms with Gasteiger partial charge in [-0.3, -0.25) is 5.01 Å². The zero-order valence-electron chi connectivity index (χ0n) is 20.6. The number of hydrogen-bond donors (Lipinski definition) is 3. The first-order valence-electron chi connectivity index (χ1n) is 11.8. The van der Waals surface area contributed by atoms with Crippen molar-refractivity contribution >= 4 is 11.5 Å². The normalized spacial score (nSPS) is 15.3. The molecule has 0 saturated heterocycles. The van der Waals surface area contributed by atoms with E-state index in [2.05, 4.69) is 15.9 Å². The van der Waals surface area contributed by atoms with Gasteiger partial charge in [-0.25, -0.2) is 9.78 Å². The fourth-order valence-corrected chi connectivity index (χ4v) is 4.12. The molecule has 0 fully saturated rings. The highest BCUT2D eigenvalue weighted by Crippen LogP contribution is 2.38. The third-order valence-corrected chi connectivity index (χ3v) is 6.03. The summed E-state index contributed by atoms with van der Waals surface area (Å²) in [6, 6.07) is 8.83. The molecule has 0 aromatic carbocycles. The molecule has 0 spiro atoms. The van der Waals surface area contributed by atoms with Crippen LogP contribution in [0.2, 0.25) is 0 Å². The summed E-state index contributed by atoms with van der Waals surface area (Å²) in [5, 5.41) is 11.6. The van der Waals surface area contributed by atoms with Crippen molar-refractivity contribution in [1.29, 1.82) is 0 Å². The lowest BCUT2D eigenvalue weighted by Gasteiger charge is -2.29. The number of fused-ring (bicyclic) bond motifs is 1. The van der Waals surface area contributed by atoms with E-state index in [9.17, 15) is 23.1 Å². The van der Waals surface area contributed by atoms with E-state index in [-0.39, 0.29) is 18.8 Å². The first kappa shape index (κ1) is 26.3. The highest BCUT2D eigenvalue weighted by atomic mass is 19.4. The Balaban J connectivity index is 1.66. The Labute approximate surface area is 211 Å². The van der Waals surface area contributed by atoms with Gasteiger partial charge in [-0.05, 0) is 50.1 Å². The van der Waals surface area contributed by atoms with E-state index in [0.717, 1.165) is 5.56 Å². The van der Waals surface area contributed by atoms with Crippen molar-refractivity contribution in [1.82, 2.24) is 25.4 Å². The highest BCUT2D eigenvalue weighted by molar-refractivity contribution is 5.99. The van der Waals surface area contributed by atoms with Crippen LogP contribution in [0.1, 0.15) is 43.1 Å². The Bertz CT molecular complexity index is 1310. The molecule has 3 N–H and O–H groups in total. The van der Waals surface area contributed by atoms with Crippen LogP contribution in [-0.2, 0) is 11.3 Å². The molecular weight excluding hydrogens is 491 g/mol. The maximum atomic E-state index is 13.4. The van der Waals surface area contributed by atoms with Crippen LogP contribution in [0.15, 0.2) is 54.6 Å². The van der Waals surface area contributed by atoms with Crippen molar-refractivity contribution < 1.29 is 32.5 Å². The highest BCUT2D eigenvalue weighted by Gasteiger charge is 2.56. The first-order valence-corrected chi connectivity index (χ1v) is 11.8. The van der Waals surface area contributed by atoms with E-state index >= 15 is 0 Å². The number of nitrogens with zero attached hydrogens (tertiary/aromatic N) is 3. The predicted molar refractivity (Wildman–Crippen MR) is 129 cm³/mol. The fourth-order valence-electron chi connectivity index (χ4n) is 4.12. The number of alkyl halides is 3. The Morgan fingerprint density at radius 2 is 1.92 bits per heavy atom. The van der Waals surface area contributed by atoms with Gasteiger partial charge in [-0.15, -0.1) is 5.53 Å². The van der Waals surface area contributed by atoms with Gasteiger partial charge in [0.25, 0.3) is 0 Å². The molecule has 3 aromatic rings. The molecule has 3 aromatic heterocycles. The number of halogens is 3. The van der Waals surface area contributed by atoms with Gasteiger partial charge < -0.3 is 24.4 Å². The number of esters is 1. The quantitative estimate of drug-likeness (QED) is 0.366. The van der Waals surface area contributed by atoms with Crippen molar-refractivity contribution in [3.8, 4) is 17.1 Å². The lowest BCUT2D eigenvalue weighted by molar-refractivity contribution is -0.246. The Morgan fingerprint density at radius 1 is 1.14 bits per heavy atom. The van der Waals surface area contributed by atoms with Crippen LogP contribution in [0.25, 0.3) is 16.8 Å². The molecule has 12 heteroatoms. The van der Waals surface area contributed by atoms with E-state index < -0.39 is 24.2 Å². The third-order valence-electron chi connectivity index (χ3n) is 6.03. The molecule has 0 saturated carbocycles. The van der Waals surface area contributed by atoms with Crippen molar-refractivity contribution in [2.75, 3.05) is 13.2 Å². The monoisotopic (exact) mass is 519 g/mol. The van der Waals surface area contributed by atoms with Gasteiger partial charge >= 0.3 is 12.1 Å². The van der Waals surface area contributed by atoms with E-state index in [1.165, 1.54) is 18.1 Å². The lowest BCUT2D eigenvalue weighted by Crippen LogP contribution is -2.50. The maximum absolute atomic E-state index is 13.4. The summed E-state index contributed by atoms with van der Waals surface area (Å²) in [7, 11) is 0. The first-order chi connectivity index (χ1) is 17.6. The number of aliphatic hydroxyl groups is 1. The zero-order chi connectivity index (χ0) is 26.8. The molecule has 1 aliphatic heterocycles. The van der Waals surface area contributed by atoms with Gasteiger partial charge in [0, 0.05) is 35.7 Å². The smallest absolute Gasteiger partial charge is 0.422 e. The van der Waals surface area contributed by atoms with Crippen LogP contribution in [0.5, 0.6) is 5.88 Å². The van der Waals surface area contributed by atoms with Crippen molar-refractivity contribution in [2.24, 2.45) is 0 Å². The van der Waals surface area contributed by atoms with E-state index in [4.69, 9.17) is 9.47 Å². The minimum absolute atomic E-state index is 0.185. The molecule has 9 nitrogen and oxygen atoms in total. The molecule has 0 amide bonds. The number of hydrogen-bond acceptors (Lipinski definition) is 8. The summed E-state index contributed by atoms with van der Waals surface area (Å²) < 4.78 is 52.7. The summed E-state index contributed by atoms with van der Waals surface area (Å²) in [5.41, 5.74) is 4.74.